The van der Waals surface area contributed by atoms with Gasteiger partial charge in [-0.3, -0.25) is 14.4 Å². The smallest absolute Gasteiger partial charge is 0.407 e. The standard InChI is InChI=1S/C20H38N4O6/c1-7-21-16(13(2)3)18(28)24-14(17(27)23-12-15(25)26)10-8-9-11-22-19(29)30-20(4,5)6/h13-14,16,21H,7-12H2,1-6H3,(H,22,29)(H,23,27)(H,24,28)(H,25,26)/t14-,16-/m0/s1. The van der Waals surface area contributed by atoms with Crippen LogP contribution in [0.2, 0.25) is 0 Å². The fourth-order valence-corrected chi connectivity index (χ4v) is 2.65. The molecule has 0 aromatic carbocycles. The van der Waals surface area contributed by atoms with Crippen LogP contribution in [0.15, 0.2) is 0 Å². The van der Waals surface area contributed by atoms with Gasteiger partial charge in [0, 0.05) is 6.54 Å². The van der Waals surface area contributed by atoms with Crippen molar-refractivity contribution in [2.45, 2.75) is 78.5 Å². The van der Waals surface area contributed by atoms with Crippen LogP contribution in [0.1, 0.15) is 60.8 Å². The van der Waals surface area contributed by atoms with E-state index in [1.807, 2.05) is 20.8 Å². The van der Waals surface area contributed by atoms with E-state index >= 15 is 0 Å². The molecule has 0 saturated heterocycles. The van der Waals surface area contributed by atoms with Crippen molar-refractivity contribution in [1.29, 1.82) is 0 Å². The molecule has 10 heteroatoms. The number of carboxylic acids is 1. The Bertz CT molecular complexity index is 574. The zero-order valence-corrected chi connectivity index (χ0v) is 19.0. The lowest BCUT2D eigenvalue weighted by atomic mass is 10.0. The Morgan fingerprint density at radius 1 is 1.00 bits per heavy atom. The third-order valence-corrected chi connectivity index (χ3v) is 4.01. The van der Waals surface area contributed by atoms with Gasteiger partial charge >= 0.3 is 12.1 Å². The van der Waals surface area contributed by atoms with Crippen LogP contribution in [0.3, 0.4) is 0 Å². The molecule has 0 rings (SSSR count). The number of likely N-dealkylation sites (N-methyl/N-ethyl adjacent to an activating group) is 1. The molecule has 2 atom stereocenters. The van der Waals surface area contributed by atoms with E-state index in [9.17, 15) is 19.2 Å². The molecule has 0 spiro atoms. The maximum atomic E-state index is 12.6. The molecule has 0 unspecified atom stereocenters. The molecule has 0 aliphatic heterocycles. The largest absolute Gasteiger partial charge is 0.480 e. The maximum absolute atomic E-state index is 12.6. The summed E-state index contributed by atoms with van der Waals surface area (Å²) in [6.07, 6.45) is 0.898. The Balaban J connectivity index is 4.74. The van der Waals surface area contributed by atoms with Crippen LogP contribution in [-0.4, -0.2) is 66.3 Å². The second-order valence-electron chi connectivity index (χ2n) is 8.38. The summed E-state index contributed by atoms with van der Waals surface area (Å²) in [5.74, 6) is -2.01. The summed E-state index contributed by atoms with van der Waals surface area (Å²) in [7, 11) is 0. The quantitative estimate of drug-likeness (QED) is 0.274. The number of unbranched alkanes of at least 4 members (excludes halogenated alkanes) is 1. The number of hydrogen-bond acceptors (Lipinski definition) is 6. The highest BCUT2D eigenvalue weighted by molar-refractivity contribution is 5.91. The van der Waals surface area contributed by atoms with Gasteiger partial charge in [0.2, 0.25) is 11.8 Å². The molecule has 10 nitrogen and oxygen atoms in total. The predicted octanol–water partition coefficient (Wildman–Crippen LogP) is 1.00. The van der Waals surface area contributed by atoms with Crippen LogP contribution in [0.5, 0.6) is 0 Å². The Hall–Kier alpha value is -2.36. The van der Waals surface area contributed by atoms with Gasteiger partial charge in [-0.25, -0.2) is 4.79 Å². The Labute approximate surface area is 178 Å². The van der Waals surface area contributed by atoms with Crippen LogP contribution >= 0.6 is 0 Å². The van der Waals surface area contributed by atoms with Crippen molar-refractivity contribution in [1.82, 2.24) is 21.3 Å². The number of amides is 3. The number of carbonyl (C=O) groups excluding carboxylic acids is 3. The number of aliphatic carboxylic acids is 1. The molecule has 0 aromatic rings. The van der Waals surface area contributed by atoms with Gasteiger partial charge in [-0.2, -0.15) is 0 Å². The van der Waals surface area contributed by atoms with E-state index in [1.54, 1.807) is 20.8 Å². The predicted molar refractivity (Wildman–Crippen MR) is 113 cm³/mol. The summed E-state index contributed by atoms with van der Waals surface area (Å²) in [4.78, 5) is 47.3. The van der Waals surface area contributed by atoms with E-state index in [4.69, 9.17) is 9.84 Å². The lowest BCUT2D eigenvalue weighted by Gasteiger charge is -2.25. The van der Waals surface area contributed by atoms with Gasteiger partial charge < -0.3 is 31.1 Å². The molecule has 30 heavy (non-hydrogen) atoms. The van der Waals surface area contributed by atoms with Gasteiger partial charge in [-0.05, 0) is 52.5 Å². The molecule has 0 aliphatic rings. The minimum absolute atomic E-state index is 0.0192. The van der Waals surface area contributed by atoms with Gasteiger partial charge in [0.05, 0.1) is 6.04 Å². The van der Waals surface area contributed by atoms with Crippen LogP contribution in [0, 0.1) is 5.92 Å². The first-order valence-electron chi connectivity index (χ1n) is 10.4. The second-order valence-corrected chi connectivity index (χ2v) is 8.38. The molecule has 0 aliphatic carbocycles. The third-order valence-electron chi connectivity index (χ3n) is 4.01. The molecule has 0 radical (unpaired) electrons. The molecule has 3 amide bonds. The highest BCUT2D eigenvalue weighted by Gasteiger charge is 2.27. The fraction of sp³-hybridized carbons (Fsp3) is 0.800. The van der Waals surface area contributed by atoms with Crippen molar-refractivity contribution in [3.05, 3.63) is 0 Å². The molecular weight excluding hydrogens is 392 g/mol. The number of rotatable bonds is 13. The molecule has 0 saturated carbocycles. The van der Waals surface area contributed by atoms with Gasteiger partial charge in [0.25, 0.3) is 0 Å². The summed E-state index contributed by atoms with van der Waals surface area (Å²) in [6, 6.07) is -1.32. The van der Waals surface area contributed by atoms with Crippen LogP contribution in [0.4, 0.5) is 4.79 Å². The summed E-state index contributed by atoms with van der Waals surface area (Å²) >= 11 is 0. The first-order valence-corrected chi connectivity index (χ1v) is 10.4. The average molecular weight is 431 g/mol. The van der Waals surface area contributed by atoms with Crippen molar-refractivity contribution >= 4 is 23.9 Å². The van der Waals surface area contributed by atoms with E-state index in [0.717, 1.165) is 0 Å². The number of carboxylic acid groups (broad SMARTS) is 1. The Morgan fingerprint density at radius 3 is 2.13 bits per heavy atom. The van der Waals surface area contributed by atoms with Gasteiger partial charge in [0.1, 0.15) is 18.2 Å². The average Bonchev–Trinajstić information content (AvgIpc) is 2.60. The number of nitrogens with one attached hydrogen (secondary N) is 4. The zero-order chi connectivity index (χ0) is 23.3. The van der Waals surface area contributed by atoms with Crippen molar-refractivity contribution in [3.8, 4) is 0 Å². The first-order chi connectivity index (χ1) is 13.9. The van der Waals surface area contributed by atoms with Crippen molar-refractivity contribution < 1.29 is 29.0 Å². The third kappa shape index (κ3) is 13.0. The summed E-state index contributed by atoms with van der Waals surface area (Å²) in [5.41, 5.74) is -0.582. The molecule has 0 heterocycles. The molecule has 174 valence electrons. The maximum Gasteiger partial charge on any atom is 0.407 e. The second kappa shape index (κ2) is 13.8. The van der Waals surface area contributed by atoms with Gasteiger partial charge in [-0.1, -0.05) is 20.8 Å². The molecular formula is C20H38N4O6. The van der Waals surface area contributed by atoms with Crippen LogP contribution in [-0.2, 0) is 19.1 Å². The number of hydrogen-bond donors (Lipinski definition) is 5. The van der Waals surface area contributed by atoms with E-state index in [1.165, 1.54) is 0 Å². The normalized spacial score (nSPS) is 13.3. The van der Waals surface area contributed by atoms with E-state index in [-0.39, 0.29) is 11.8 Å². The van der Waals surface area contributed by atoms with Crippen LogP contribution < -0.4 is 21.3 Å². The molecule has 0 aromatic heterocycles. The summed E-state index contributed by atoms with van der Waals surface area (Å²) in [6.45, 7) is 11.4. The lowest BCUT2D eigenvalue weighted by Crippen LogP contribution is -2.54. The number of ether oxygens (including phenoxy) is 1. The van der Waals surface area contributed by atoms with Crippen LogP contribution in [0.25, 0.3) is 0 Å². The fourth-order valence-electron chi connectivity index (χ4n) is 2.65. The van der Waals surface area contributed by atoms with Gasteiger partial charge in [0.15, 0.2) is 0 Å². The van der Waals surface area contributed by atoms with E-state index in [0.29, 0.717) is 32.4 Å². The lowest BCUT2D eigenvalue weighted by molar-refractivity contribution is -0.138. The monoisotopic (exact) mass is 430 g/mol. The van der Waals surface area contributed by atoms with Gasteiger partial charge in [-0.15, -0.1) is 0 Å². The summed E-state index contributed by atoms with van der Waals surface area (Å²) < 4.78 is 5.15. The van der Waals surface area contributed by atoms with Crippen molar-refractivity contribution in [2.24, 2.45) is 5.92 Å². The number of carbonyl (C=O) groups is 4. The van der Waals surface area contributed by atoms with Crippen molar-refractivity contribution in [3.63, 3.8) is 0 Å². The SMILES string of the molecule is CCN[C@H](C(=O)N[C@@H](CCCCNC(=O)OC(C)(C)C)C(=O)NCC(=O)O)C(C)C. The minimum Gasteiger partial charge on any atom is -0.480 e. The van der Waals surface area contributed by atoms with E-state index < -0.39 is 42.2 Å². The van der Waals surface area contributed by atoms with E-state index in [2.05, 4.69) is 21.3 Å². The first kappa shape index (κ1) is 27.6. The minimum atomic E-state index is -1.16. The Morgan fingerprint density at radius 2 is 1.63 bits per heavy atom. The Kier molecular flexibility index (Phi) is 12.7. The molecule has 0 bridgehead atoms. The highest BCUT2D eigenvalue weighted by atomic mass is 16.6. The van der Waals surface area contributed by atoms with Crippen molar-refractivity contribution in [2.75, 3.05) is 19.6 Å². The number of alkyl carbamates (subject to hydrolysis) is 1. The summed E-state index contributed by atoms with van der Waals surface area (Å²) in [5, 5.41) is 19.5. The topological polar surface area (TPSA) is 146 Å². The molecule has 5 N–H and O–H groups in total. The highest BCUT2D eigenvalue weighted by Crippen LogP contribution is 2.08. The zero-order valence-electron chi connectivity index (χ0n) is 19.0. The molecule has 0 fully saturated rings.